The van der Waals surface area contributed by atoms with Crippen molar-refractivity contribution in [2.24, 2.45) is 0 Å². The molecule has 0 bridgehead atoms. The second kappa shape index (κ2) is 9.93. The van der Waals surface area contributed by atoms with E-state index in [1.165, 1.54) is 32.4 Å². The molecule has 0 radical (unpaired) electrons. The van der Waals surface area contributed by atoms with E-state index >= 15 is 0 Å². The van der Waals surface area contributed by atoms with Gasteiger partial charge in [-0.2, -0.15) is 4.98 Å². The first-order valence-corrected chi connectivity index (χ1v) is 10.2. The molecule has 1 atom stereocenters. The summed E-state index contributed by atoms with van der Waals surface area (Å²) in [5, 5.41) is 0.314. The number of fused-ring (bicyclic) bond motifs is 1. The minimum atomic E-state index is -2.58. The quantitative estimate of drug-likeness (QED) is 0.554. The molecule has 0 aliphatic heterocycles. The Balaban J connectivity index is 0.00000145. The Morgan fingerprint density at radius 1 is 1.31 bits per heavy atom. The van der Waals surface area contributed by atoms with Gasteiger partial charge >= 0.3 is 0 Å². The molecular formula is C18H20ClF3N4O2S. The van der Waals surface area contributed by atoms with Crippen LogP contribution in [0.3, 0.4) is 0 Å². The summed E-state index contributed by atoms with van der Waals surface area (Å²) in [5.74, 6) is -0.744. The summed E-state index contributed by atoms with van der Waals surface area (Å²) in [6.45, 7) is 5.53. The lowest BCUT2D eigenvalue weighted by molar-refractivity contribution is 0.147. The van der Waals surface area contributed by atoms with Gasteiger partial charge in [-0.25, -0.2) is 22.4 Å². The van der Waals surface area contributed by atoms with E-state index in [1.807, 2.05) is 13.8 Å². The average molecular weight is 449 g/mol. The topological polar surface area (TPSA) is 79.9 Å². The van der Waals surface area contributed by atoms with Crippen molar-refractivity contribution in [3.8, 4) is 5.88 Å². The molecule has 11 heteroatoms. The number of halogens is 4. The van der Waals surface area contributed by atoms with E-state index in [4.69, 9.17) is 16.3 Å². The Labute approximate surface area is 173 Å². The van der Waals surface area contributed by atoms with Crippen molar-refractivity contribution in [1.82, 2.24) is 15.0 Å². The summed E-state index contributed by atoms with van der Waals surface area (Å²) in [5.41, 5.74) is 0.570. The molecule has 0 saturated heterocycles. The summed E-state index contributed by atoms with van der Waals surface area (Å²) in [4.78, 5) is 11.0. The van der Waals surface area contributed by atoms with E-state index in [9.17, 15) is 17.4 Å². The van der Waals surface area contributed by atoms with Crippen molar-refractivity contribution in [2.45, 2.75) is 38.5 Å². The van der Waals surface area contributed by atoms with Gasteiger partial charge in [0.25, 0.3) is 0 Å². The minimum Gasteiger partial charge on any atom is -0.481 e. The molecule has 1 aromatic carbocycles. The van der Waals surface area contributed by atoms with E-state index in [-0.39, 0.29) is 38.5 Å². The van der Waals surface area contributed by atoms with E-state index < -0.39 is 29.6 Å². The highest BCUT2D eigenvalue weighted by atomic mass is 35.5. The SMILES string of the molecule is CC.COc1nc(NS(=O)c2c[nH]c3c(F)c(Cl)ccc23)nc(C)c1CC(F)F. The molecule has 3 rings (SSSR count). The van der Waals surface area contributed by atoms with Crippen LogP contribution in [0.2, 0.25) is 5.02 Å². The predicted molar refractivity (Wildman–Crippen MR) is 108 cm³/mol. The van der Waals surface area contributed by atoms with E-state index in [2.05, 4.69) is 19.7 Å². The lowest BCUT2D eigenvalue weighted by Crippen LogP contribution is -2.12. The maximum absolute atomic E-state index is 14.0. The number of H-pyrrole nitrogens is 1. The lowest BCUT2D eigenvalue weighted by atomic mass is 10.2. The van der Waals surface area contributed by atoms with Crippen LogP contribution in [-0.2, 0) is 17.4 Å². The molecule has 6 nitrogen and oxygen atoms in total. The normalized spacial score (nSPS) is 11.9. The third kappa shape index (κ3) is 4.99. The van der Waals surface area contributed by atoms with Gasteiger partial charge in [0.15, 0.2) is 16.8 Å². The van der Waals surface area contributed by atoms with E-state index in [1.54, 1.807) is 0 Å². The van der Waals surface area contributed by atoms with Gasteiger partial charge in [0.05, 0.1) is 28.2 Å². The molecule has 29 heavy (non-hydrogen) atoms. The fraction of sp³-hybridized carbons (Fsp3) is 0.333. The molecule has 158 valence electrons. The average Bonchev–Trinajstić information content (AvgIpc) is 3.13. The highest BCUT2D eigenvalue weighted by Crippen LogP contribution is 2.29. The van der Waals surface area contributed by atoms with Crippen molar-refractivity contribution >= 4 is 39.4 Å². The zero-order chi connectivity index (χ0) is 21.7. The van der Waals surface area contributed by atoms with Crippen LogP contribution in [0.5, 0.6) is 5.88 Å². The third-order valence-electron chi connectivity index (χ3n) is 3.82. The highest BCUT2D eigenvalue weighted by Gasteiger charge is 2.19. The number of rotatable bonds is 6. The predicted octanol–water partition coefficient (Wildman–Crippen LogP) is 5.04. The molecule has 0 saturated carbocycles. The van der Waals surface area contributed by atoms with Crippen LogP contribution in [0.15, 0.2) is 23.2 Å². The van der Waals surface area contributed by atoms with Crippen LogP contribution in [0.1, 0.15) is 25.1 Å². The first-order valence-electron chi connectivity index (χ1n) is 8.65. The highest BCUT2D eigenvalue weighted by molar-refractivity contribution is 7.86. The maximum atomic E-state index is 14.0. The van der Waals surface area contributed by atoms with Crippen molar-refractivity contribution in [3.05, 3.63) is 40.4 Å². The number of benzene rings is 1. The molecule has 2 heterocycles. The number of hydrogen-bond acceptors (Lipinski definition) is 4. The molecule has 0 spiro atoms. The number of anilines is 1. The van der Waals surface area contributed by atoms with Gasteiger partial charge in [0.1, 0.15) is 0 Å². The second-order valence-corrected chi connectivity index (χ2v) is 7.11. The monoisotopic (exact) mass is 448 g/mol. The van der Waals surface area contributed by atoms with Gasteiger partial charge in [-0.1, -0.05) is 25.4 Å². The summed E-state index contributed by atoms with van der Waals surface area (Å²) >= 11 is 5.73. The molecule has 2 N–H and O–H groups in total. The number of hydrogen-bond donors (Lipinski definition) is 2. The number of alkyl halides is 2. The molecule has 1 unspecified atom stereocenters. The summed E-state index contributed by atoms with van der Waals surface area (Å²) in [6.07, 6.45) is -1.76. The van der Waals surface area contributed by atoms with Crippen LogP contribution in [0, 0.1) is 12.7 Å². The van der Waals surface area contributed by atoms with E-state index in [0.29, 0.717) is 5.39 Å². The Bertz CT molecular complexity index is 1030. The van der Waals surface area contributed by atoms with Crippen molar-refractivity contribution in [2.75, 3.05) is 11.8 Å². The summed E-state index contributed by atoms with van der Waals surface area (Å²) < 4.78 is 59.7. The van der Waals surface area contributed by atoms with Crippen LogP contribution in [0.25, 0.3) is 10.9 Å². The Hall–Kier alpha value is -2.33. The first kappa shape index (κ1) is 23.0. The Morgan fingerprint density at radius 3 is 2.62 bits per heavy atom. The molecule has 0 fully saturated rings. The molecule has 0 aliphatic carbocycles. The third-order valence-corrected chi connectivity index (χ3v) is 5.22. The van der Waals surface area contributed by atoms with Crippen molar-refractivity contribution in [1.29, 1.82) is 0 Å². The second-order valence-electron chi connectivity index (χ2n) is 5.52. The van der Waals surface area contributed by atoms with Gasteiger partial charge in [-0.15, -0.1) is 0 Å². The number of nitrogens with zero attached hydrogens (tertiary/aromatic N) is 2. The van der Waals surface area contributed by atoms with Gasteiger partial charge in [0.2, 0.25) is 18.3 Å². The van der Waals surface area contributed by atoms with Gasteiger partial charge in [-0.3, -0.25) is 4.72 Å². The van der Waals surface area contributed by atoms with Gasteiger partial charge in [-0.05, 0) is 19.1 Å². The number of ether oxygens (including phenoxy) is 1. The van der Waals surface area contributed by atoms with Crippen LogP contribution >= 0.6 is 11.6 Å². The largest absolute Gasteiger partial charge is 0.481 e. The van der Waals surface area contributed by atoms with Gasteiger partial charge < -0.3 is 9.72 Å². The van der Waals surface area contributed by atoms with Crippen LogP contribution in [0.4, 0.5) is 19.1 Å². The number of methoxy groups -OCH3 is 1. The van der Waals surface area contributed by atoms with Crippen molar-refractivity contribution in [3.63, 3.8) is 0 Å². The molecule has 0 amide bonds. The van der Waals surface area contributed by atoms with Crippen molar-refractivity contribution < 1.29 is 22.1 Å². The molecule has 3 aromatic rings. The number of aromatic amines is 1. The zero-order valence-electron chi connectivity index (χ0n) is 16.1. The fourth-order valence-electron chi connectivity index (χ4n) is 2.58. The summed E-state index contributed by atoms with van der Waals surface area (Å²) in [7, 11) is -0.553. The van der Waals surface area contributed by atoms with Crippen LogP contribution < -0.4 is 9.46 Å². The Kier molecular flexibility index (Phi) is 7.86. The molecular weight excluding hydrogens is 429 g/mol. The molecule has 2 aromatic heterocycles. The fourth-order valence-corrected chi connectivity index (χ4v) is 3.64. The standard InChI is InChI=1S/C16H14ClF3N4O2S.C2H6/c1-7-9(5-12(18)19)15(26-2)23-16(22-7)24-27(25)11-6-21-14-8(11)3-4-10(17)13(14)20;1-2/h3-4,6,12,21H,5H2,1-2H3,(H,22,23,24);1-2H3. The zero-order valence-corrected chi connectivity index (χ0v) is 17.7. The summed E-state index contributed by atoms with van der Waals surface area (Å²) in [6, 6.07) is 2.89. The number of aromatic nitrogens is 3. The van der Waals surface area contributed by atoms with E-state index in [0.717, 1.165) is 0 Å². The number of aryl methyl sites for hydroxylation is 1. The lowest BCUT2D eigenvalue weighted by Gasteiger charge is -2.12. The number of nitrogens with one attached hydrogen (secondary N) is 2. The molecule has 0 aliphatic rings. The van der Waals surface area contributed by atoms with Gasteiger partial charge in [0, 0.05) is 23.6 Å². The minimum absolute atomic E-state index is 0.0287. The Morgan fingerprint density at radius 2 is 2.00 bits per heavy atom. The first-order chi connectivity index (χ1) is 13.8. The maximum Gasteiger partial charge on any atom is 0.242 e. The smallest absolute Gasteiger partial charge is 0.242 e. The van der Waals surface area contributed by atoms with Crippen LogP contribution in [-0.4, -0.2) is 32.7 Å².